The predicted octanol–water partition coefficient (Wildman–Crippen LogP) is 2.85. The van der Waals surface area contributed by atoms with Crippen LogP contribution in [0.1, 0.15) is 44.9 Å². The van der Waals surface area contributed by atoms with Gasteiger partial charge in [-0.1, -0.05) is 31.0 Å². The zero-order chi connectivity index (χ0) is 11.7. The molecule has 96 valence electrons. The number of hydrogen-bond donors (Lipinski definition) is 1. The highest BCUT2D eigenvalue weighted by molar-refractivity contribution is 8.15. The van der Waals surface area contributed by atoms with Crippen molar-refractivity contribution in [1.82, 2.24) is 4.90 Å². The second-order valence-electron chi connectivity index (χ2n) is 5.67. The van der Waals surface area contributed by atoms with Crippen molar-refractivity contribution in [1.29, 1.82) is 5.41 Å². The zero-order valence-corrected chi connectivity index (χ0v) is 11.2. The van der Waals surface area contributed by atoms with Crippen LogP contribution in [0, 0.1) is 5.41 Å². The summed E-state index contributed by atoms with van der Waals surface area (Å²) in [4.78, 5) is 2.27. The van der Waals surface area contributed by atoms with E-state index in [2.05, 4.69) is 4.90 Å². The van der Waals surface area contributed by atoms with E-state index in [0.29, 0.717) is 10.9 Å². The third-order valence-corrected chi connectivity index (χ3v) is 5.71. The van der Waals surface area contributed by atoms with Gasteiger partial charge < -0.3 is 9.64 Å². The minimum atomic E-state index is 0.383. The van der Waals surface area contributed by atoms with Crippen molar-refractivity contribution < 1.29 is 4.74 Å². The van der Waals surface area contributed by atoms with E-state index in [0.717, 1.165) is 24.9 Å². The Kier molecular flexibility index (Phi) is 3.35. The Morgan fingerprint density at radius 3 is 2.82 bits per heavy atom. The van der Waals surface area contributed by atoms with Gasteiger partial charge in [-0.2, -0.15) is 0 Å². The maximum atomic E-state index is 8.16. The SMILES string of the molecule is N=C1SC2(CCCCC2)CN1CC1CCCO1. The van der Waals surface area contributed by atoms with Gasteiger partial charge in [-0.3, -0.25) is 5.41 Å². The first-order chi connectivity index (χ1) is 8.27. The summed E-state index contributed by atoms with van der Waals surface area (Å²) >= 11 is 1.83. The van der Waals surface area contributed by atoms with Crippen molar-refractivity contribution >= 4 is 16.9 Å². The molecule has 2 heterocycles. The van der Waals surface area contributed by atoms with Crippen LogP contribution in [0.3, 0.4) is 0 Å². The molecule has 0 radical (unpaired) electrons. The van der Waals surface area contributed by atoms with Crippen LogP contribution in [0.15, 0.2) is 0 Å². The molecule has 17 heavy (non-hydrogen) atoms. The number of thioether (sulfide) groups is 1. The maximum Gasteiger partial charge on any atom is 0.157 e. The minimum Gasteiger partial charge on any atom is -0.376 e. The van der Waals surface area contributed by atoms with Crippen LogP contribution in [0.2, 0.25) is 0 Å². The standard InChI is InChI=1S/C13H22N2OS/c14-12-15(9-11-5-4-8-16-11)10-13(17-12)6-2-1-3-7-13/h11,14H,1-10H2. The Labute approximate surface area is 108 Å². The lowest BCUT2D eigenvalue weighted by molar-refractivity contribution is 0.0900. The minimum absolute atomic E-state index is 0.383. The number of nitrogens with one attached hydrogen (secondary N) is 1. The molecule has 0 aromatic heterocycles. The number of amidine groups is 1. The summed E-state index contributed by atoms with van der Waals surface area (Å²) in [6, 6.07) is 0. The van der Waals surface area contributed by atoms with E-state index in [9.17, 15) is 0 Å². The summed E-state index contributed by atoms with van der Waals surface area (Å²) < 4.78 is 6.07. The fraction of sp³-hybridized carbons (Fsp3) is 0.923. The topological polar surface area (TPSA) is 36.3 Å². The Hall–Kier alpha value is -0.220. The van der Waals surface area contributed by atoms with E-state index in [1.165, 1.54) is 44.9 Å². The summed E-state index contributed by atoms with van der Waals surface area (Å²) in [6.45, 7) is 2.97. The monoisotopic (exact) mass is 254 g/mol. The third kappa shape index (κ3) is 2.48. The third-order valence-electron chi connectivity index (χ3n) is 4.29. The highest BCUT2D eigenvalue weighted by Gasteiger charge is 2.43. The summed E-state index contributed by atoms with van der Waals surface area (Å²) in [5.74, 6) is 0. The van der Waals surface area contributed by atoms with Gasteiger partial charge in [-0.05, 0) is 25.7 Å². The molecule has 1 saturated carbocycles. The van der Waals surface area contributed by atoms with Crippen molar-refractivity contribution in [3.05, 3.63) is 0 Å². The van der Waals surface area contributed by atoms with Gasteiger partial charge in [0.15, 0.2) is 5.17 Å². The molecule has 2 aliphatic heterocycles. The zero-order valence-electron chi connectivity index (χ0n) is 10.4. The Bertz CT molecular complexity index is 296. The highest BCUT2D eigenvalue weighted by Crippen LogP contribution is 2.46. The molecule has 3 nitrogen and oxygen atoms in total. The lowest BCUT2D eigenvalue weighted by atomic mass is 9.88. The molecule has 1 spiro atoms. The molecule has 1 unspecified atom stereocenters. The number of ether oxygens (including phenoxy) is 1. The molecule has 3 fully saturated rings. The number of hydrogen-bond acceptors (Lipinski definition) is 3. The van der Waals surface area contributed by atoms with Crippen LogP contribution in [-0.4, -0.2) is 40.6 Å². The number of rotatable bonds is 2. The lowest BCUT2D eigenvalue weighted by Gasteiger charge is -2.31. The van der Waals surface area contributed by atoms with Crippen LogP contribution in [0.4, 0.5) is 0 Å². The van der Waals surface area contributed by atoms with Crippen LogP contribution < -0.4 is 0 Å². The van der Waals surface area contributed by atoms with E-state index >= 15 is 0 Å². The first kappa shape index (κ1) is 11.8. The smallest absolute Gasteiger partial charge is 0.157 e. The molecule has 1 N–H and O–H groups in total. The van der Waals surface area contributed by atoms with Gasteiger partial charge in [0.05, 0.1) is 6.10 Å². The molecule has 0 aromatic rings. The molecular weight excluding hydrogens is 232 g/mol. The van der Waals surface area contributed by atoms with Gasteiger partial charge in [0.1, 0.15) is 0 Å². The Balaban J connectivity index is 1.60. The van der Waals surface area contributed by atoms with Crippen molar-refractivity contribution in [2.75, 3.05) is 19.7 Å². The average Bonchev–Trinajstić information content (AvgIpc) is 2.91. The van der Waals surface area contributed by atoms with Crippen molar-refractivity contribution in [2.45, 2.75) is 55.8 Å². The summed E-state index contributed by atoms with van der Waals surface area (Å²) in [6.07, 6.45) is 9.48. The first-order valence-electron chi connectivity index (χ1n) is 6.92. The normalized spacial score (nSPS) is 32.6. The summed E-state index contributed by atoms with van der Waals surface area (Å²) in [7, 11) is 0. The van der Waals surface area contributed by atoms with Crippen LogP contribution in [0.25, 0.3) is 0 Å². The van der Waals surface area contributed by atoms with E-state index < -0.39 is 0 Å². The number of nitrogens with zero attached hydrogens (tertiary/aromatic N) is 1. The summed E-state index contributed by atoms with van der Waals surface area (Å²) in [5.41, 5.74) is 0. The van der Waals surface area contributed by atoms with Crippen molar-refractivity contribution in [3.63, 3.8) is 0 Å². The molecular formula is C13H22N2OS. The molecule has 0 bridgehead atoms. The summed E-state index contributed by atoms with van der Waals surface area (Å²) in [5, 5.41) is 8.96. The van der Waals surface area contributed by atoms with Crippen LogP contribution in [0.5, 0.6) is 0 Å². The molecule has 1 aliphatic carbocycles. The van der Waals surface area contributed by atoms with E-state index in [4.69, 9.17) is 10.1 Å². The largest absolute Gasteiger partial charge is 0.376 e. The fourth-order valence-corrected chi connectivity index (χ4v) is 4.75. The molecule has 0 aromatic carbocycles. The Morgan fingerprint density at radius 2 is 2.12 bits per heavy atom. The van der Waals surface area contributed by atoms with Gasteiger partial charge in [-0.15, -0.1) is 0 Å². The van der Waals surface area contributed by atoms with Gasteiger partial charge in [0.2, 0.25) is 0 Å². The van der Waals surface area contributed by atoms with Crippen LogP contribution in [-0.2, 0) is 4.74 Å². The van der Waals surface area contributed by atoms with Crippen molar-refractivity contribution in [2.24, 2.45) is 0 Å². The molecule has 1 atom stereocenters. The van der Waals surface area contributed by atoms with Gasteiger partial charge in [0.25, 0.3) is 0 Å². The van der Waals surface area contributed by atoms with Gasteiger partial charge >= 0.3 is 0 Å². The van der Waals surface area contributed by atoms with E-state index in [1.807, 2.05) is 11.8 Å². The van der Waals surface area contributed by atoms with Gasteiger partial charge in [-0.25, -0.2) is 0 Å². The van der Waals surface area contributed by atoms with Gasteiger partial charge in [0, 0.05) is 24.4 Å². The van der Waals surface area contributed by atoms with Crippen molar-refractivity contribution in [3.8, 4) is 0 Å². The molecule has 2 saturated heterocycles. The highest BCUT2D eigenvalue weighted by atomic mass is 32.2. The fourth-order valence-electron chi connectivity index (χ4n) is 3.36. The molecule has 3 rings (SSSR count). The molecule has 0 amide bonds. The van der Waals surface area contributed by atoms with E-state index in [1.54, 1.807) is 0 Å². The molecule has 4 heteroatoms. The Morgan fingerprint density at radius 1 is 1.29 bits per heavy atom. The van der Waals surface area contributed by atoms with Crippen LogP contribution >= 0.6 is 11.8 Å². The molecule has 3 aliphatic rings. The maximum absolute atomic E-state index is 8.16. The first-order valence-corrected chi connectivity index (χ1v) is 7.73. The predicted molar refractivity (Wildman–Crippen MR) is 71.7 cm³/mol. The second-order valence-corrected chi connectivity index (χ2v) is 7.12. The quantitative estimate of drug-likeness (QED) is 0.823. The lowest BCUT2D eigenvalue weighted by Crippen LogP contribution is -2.38. The van der Waals surface area contributed by atoms with E-state index in [-0.39, 0.29) is 0 Å². The average molecular weight is 254 g/mol. The second kappa shape index (κ2) is 4.81.